The molecule has 3 unspecified atom stereocenters. The minimum absolute atomic E-state index is 0.0674. The molecule has 0 saturated carbocycles. The zero-order valence-electron chi connectivity index (χ0n) is 11.3. The summed E-state index contributed by atoms with van der Waals surface area (Å²) >= 11 is 0. The average Bonchev–Trinajstić information content (AvgIpc) is 2.38. The van der Waals surface area contributed by atoms with Crippen LogP contribution in [0.4, 0.5) is 13.2 Å². The van der Waals surface area contributed by atoms with Gasteiger partial charge in [-0.3, -0.25) is 4.79 Å². The molecule has 1 amide bonds. The van der Waals surface area contributed by atoms with Gasteiger partial charge in [-0.2, -0.15) is 0 Å². The summed E-state index contributed by atoms with van der Waals surface area (Å²) in [6.45, 7) is 3.99. The molecule has 0 aliphatic carbocycles. The molecule has 0 bridgehead atoms. The molecule has 6 heteroatoms. The maximum absolute atomic E-state index is 13.1. The number of halogens is 3. The quantitative estimate of drug-likeness (QED) is 0.820. The van der Waals surface area contributed by atoms with E-state index in [0.29, 0.717) is 18.2 Å². The van der Waals surface area contributed by atoms with Crippen LogP contribution in [0.25, 0.3) is 0 Å². The smallest absolute Gasteiger partial charge is 0.251 e. The lowest BCUT2D eigenvalue weighted by molar-refractivity contribution is 0.0913. The molecule has 0 spiro atoms. The van der Waals surface area contributed by atoms with Crippen LogP contribution in [0.5, 0.6) is 0 Å². The number of amides is 1. The second kappa shape index (κ2) is 5.83. The highest BCUT2D eigenvalue weighted by molar-refractivity contribution is 5.94. The first kappa shape index (κ1) is 14.8. The van der Waals surface area contributed by atoms with Crippen LogP contribution in [-0.2, 0) is 0 Å². The normalized spacial score (nSPS) is 26.4. The molecule has 2 N–H and O–H groups in total. The van der Waals surface area contributed by atoms with Crippen molar-refractivity contribution in [3.8, 4) is 0 Å². The van der Waals surface area contributed by atoms with Crippen molar-refractivity contribution in [2.24, 2.45) is 0 Å². The van der Waals surface area contributed by atoms with Crippen LogP contribution in [0.2, 0.25) is 0 Å². The summed E-state index contributed by atoms with van der Waals surface area (Å²) in [5.74, 6) is -4.89. The Hall–Kier alpha value is -1.56. The van der Waals surface area contributed by atoms with Crippen molar-refractivity contribution in [2.75, 3.05) is 0 Å². The first-order valence-corrected chi connectivity index (χ1v) is 6.60. The van der Waals surface area contributed by atoms with E-state index in [1.54, 1.807) is 0 Å². The van der Waals surface area contributed by atoms with Gasteiger partial charge in [0.05, 0.1) is 0 Å². The summed E-state index contributed by atoms with van der Waals surface area (Å²) in [5.41, 5.74) is -0.216. The van der Waals surface area contributed by atoms with Crippen molar-refractivity contribution in [3.63, 3.8) is 0 Å². The molecule has 1 aromatic carbocycles. The summed E-state index contributed by atoms with van der Waals surface area (Å²) in [5, 5.41) is 6.02. The molecule has 110 valence electrons. The lowest BCUT2D eigenvalue weighted by Gasteiger charge is -2.34. The highest BCUT2D eigenvalue weighted by Gasteiger charge is 2.26. The van der Waals surface area contributed by atoms with Gasteiger partial charge in [0, 0.05) is 23.7 Å². The van der Waals surface area contributed by atoms with E-state index in [9.17, 15) is 18.0 Å². The summed E-state index contributed by atoms with van der Waals surface area (Å²) < 4.78 is 39.0. The standard InChI is InChI=1S/C14H17F3N2O/c1-7-3-4-12(8(2)18-7)19-14(20)9-5-10(15)13(17)11(16)6-9/h5-8,12,18H,3-4H2,1-2H3,(H,19,20). The third kappa shape index (κ3) is 3.12. The van der Waals surface area contributed by atoms with Gasteiger partial charge in [-0.1, -0.05) is 0 Å². The van der Waals surface area contributed by atoms with E-state index in [2.05, 4.69) is 17.6 Å². The number of rotatable bonds is 2. The predicted molar refractivity (Wildman–Crippen MR) is 68.9 cm³/mol. The van der Waals surface area contributed by atoms with E-state index >= 15 is 0 Å². The first-order chi connectivity index (χ1) is 9.38. The third-order valence-corrected chi connectivity index (χ3v) is 3.62. The molecule has 1 saturated heterocycles. The van der Waals surface area contributed by atoms with Crippen LogP contribution in [-0.4, -0.2) is 24.0 Å². The largest absolute Gasteiger partial charge is 0.348 e. The Bertz CT molecular complexity index is 498. The van der Waals surface area contributed by atoms with Crippen molar-refractivity contribution in [2.45, 2.75) is 44.8 Å². The minimum Gasteiger partial charge on any atom is -0.348 e. The van der Waals surface area contributed by atoms with Crippen molar-refractivity contribution >= 4 is 5.91 Å². The number of benzene rings is 1. The molecule has 3 atom stereocenters. The van der Waals surface area contributed by atoms with E-state index in [4.69, 9.17) is 0 Å². The van der Waals surface area contributed by atoms with Crippen LogP contribution in [0.15, 0.2) is 12.1 Å². The van der Waals surface area contributed by atoms with Crippen LogP contribution in [0.3, 0.4) is 0 Å². The highest BCUT2D eigenvalue weighted by Crippen LogP contribution is 2.16. The lowest BCUT2D eigenvalue weighted by Crippen LogP contribution is -2.54. The molecule has 0 aromatic heterocycles. The summed E-state index contributed by atoms with van der Waals surface area (Å²) in [6.07, 6.45) is 1.69. The maximum Gasteiger partial charge on any atom is 0.251 e. The highest BCUT2D eigenvalue weighted by atomic mass is 19.2. The van der Waals surface area contributed by atoms with Crippen LogP contribution in [0.1, 0.15) is 37.0 Å². The average molecular weight is 286 g/mol. The Morgan fingerprint density at radius 2 is 1.80 bits per heavy atom. The van der Waals surface area contributed by atoms with Crippen LogP contribution < -0.4 is 10.6 Å². The van der Waals surface area contributed by atoms with E-state index in [0.717, 1.165) is 12.8 Å². The molecule has 0 radical (unpaired) electrons. The SMILES string of the molecule is CC1CCC(NC(=O)c2cc(F)c(F)c(F)c2)C(C)N1. The van der Waals surface area contributed by atoms with E-state index in [1.165, 1.54) is 0 Å². The molecule has 1 aliphatic rings. The van der Waals surface area contributed by atoms with Gasteiger partial charge in [0.25, 0.3) is 5.91 Å². The van der Waals surface area contributed by atoms with Crippen molar-refractivity contribution < 1.29 is 18.0 Å². The number of hydrogen-bond donors (Lipinski definition) is 2. The third-order valence-electron chi connectivity index (χ3n) is 3.62. The minimum atomic E-state index is -1.57. The molecule has 3 nitrogen and oxygen atoms in total. The summed E-state index contributed by atoms with van der Waals surface area (Å²) in [4.78, 5) is 12.0. The number of piperidine rings is 1. The Morgan fingerprint density at radius 3 is 2.35 bits per heavy atom. The molecule has 20 heavy (non-hydrogen) atoms. The topological polar surface area (TPSA) is 41.1 Å². The van der Waals surface area contributed by atoms with E-state index < -0.39 is 23.4 Å². The number of hydrogen-bond acceptors (Lipinski definition) is 2. The first-order valence-electron chi connectivity index (χ1n) is 6.60. The van der Waals surface area contributed by atoms with Crippen molar-refractivity contribution in [1.82, 2.24) is 10.6 Å². The van der Waals surface area contributed by atoms with Crippen LogP contribution >= 0.6 is 0 Å². The van der Waals surface area contributed by atoms with Gasteiger partial charge in [-0.15, -0.1) is 0 Å². The monoisotopic (exact) mass is 286 g/mol. The maximum atomic E-state index is 13.1. The van der Waals surface area contributed by atoms with Gasteiger partial charge < -0.3 is 10.6 Å². The molecular weight excluding hydrogens is 269 g/mol. The van der Waals surface area contributed by atoms with Gasteiger partial charge in [0.15, 0.2) is 17.5 Å². The second-order valence-corrected chi connectivity index (χ2v) is 5.27. The number of carbonyl (C=O) groups excluding carboxylic acids is 1. The Labute approximate surface area is 115 Å². The van der Waals surface area contributed by atoms with Crippen molar-refractivity contribution in [1.29, 1.82) is 0 Å². The molecule has 1 heterocycles. The van der Waals surface area contributed by atoms with E-state index in [1.807, 2.05) is 6.92 Å². The fraction of sp³-hybridized carbons (Fsp3) is 0.500. The summed E-state index contributed by atoms with van der Waals surface area (Å²) in [7, 11) is 0. The lowest BCUT2D eigenvalue weighted by atomic mass is 9.95. The van der Waals surface area contributed by atoms with E-state index in [-0.39, 0.29) is 17.6 Å². The van der Waals surface area contributed by atoms with Crippen LogP contribution in [0, 0.1) is 17.5 Å². The van der Waals surface area contributed by atoms with Gasteiger partial charge in [0.1, 0.15) is 0 Å². The number of nitrogens with one attached hydrogen (secondary N) is 2. The molecule has 1 fully saturated rings. The zero-order valence-corrected chi connectivity index (χ0v) is 11.3. The molecular formula is C14H17F3N2O. The predicted octanol–water partition coefficient (Wildman–Crippen LogP) is 2.36. The summed E-state index contributed by atoms with van der Waals surface area (Å²) in [6, 6.07) is 1.74. The molecule has 1 aromatic rings. The Morgan fingerprint density at radius 1 is 1.20 bits per heavy atom. The van der Waals surface area contributed by atoms with Gasteiger partial charge >= 0.3 is 0 Å². The fourth-order valence-corrected chi connectivity index (χ4v) is 2.46. The number of carbonyl (C=O) groups is 1. The van der Waals surface area contributed by atoms with Gasteiger partial charge in [-0.05, 0) is 38.8 Å². The molecule has 1 aliphatic heterocycles. The Kier molecular flexibility index (Phi) is 4.32. The molecule has 2 rings (SSSR count). The fourth-order valence-electron chi connectivity index (χ4n) is 2.46. The zero-order chi connectivity index (χ0) is 14.9. The van der Waals surface area contributed by atoms with Crippen molar-refractivity contribution in [3.05, 3.63) is 35.1 Å². The van der Waals surface area contributed by atoms with Gasteiger partial charge in [-0.25, -0.2) is 13.2 Å². The second-order valence-electron chi connectivity index (χ2n) is 5.27. The van der Waals surface area contributed by atoms with Gasteiger partial charge in [0.2, 0.25) is 0 Å². The Balaban J connectivity index is 2.09.